The van der Waals surface area contributed by atoms with Crippen molar-refractivity contribution in [2.45, 2.75) is 27.7 Å². The zero-order valence-electron chi connectivity index (χ0n) is 13.7. The number of urea groups is 1. The zero-order valence-corrected chi connectivity index (χ0v) is 16.9. The fraction of sp³-hybridized carbons (Fsp3) is 0.769. The van der Waals surface area contributed by atoms with E-state index in [4.69, 9.17) is 24.4 Å². The van der Waals surface area contributed by atoms with Crippen molar-refractivity contribution < 1.29 is 4.79 Å². The number of nitrogens with one attached hydrogen (secondary N) is 2. The second-order valence-corrected chi connectivity index (χ2v) is 7.35. The molecule has 0 spiro atoms. The third kappa shape index (κ3) is 9.02. The summed E-state index contributed by atoms with van der Waals surface area (Å²) in [6.07, 6.45) is 0. The Morgan fingerprint density at radius 3 is 1.41 bits per heavy atom. The molecule has 0 heterocycles. The molecule has 0 aliphatic rings. The molecular formula is C13H26N4OS4. The zero-order chi connectivity index (χ0) is 17.0. The third-order valence-corrected chi connectivity index (χ3v) is 5.71. The highest BCUT2D eigenvalue weighted by molar-refractivity contribution is 8.23. The topological polar surface area (TPSA) is 47.6 Å². The summed E-state index contributed by atoms with van der Waals surface area (Å²) < 4.78 is 1.62. The van der Waals surface area contributed by atoms with Crippen LogP contribution in [0.4, 0.5) is 4.79 Å². The van der Waals surface area contributed by atoms with Crippen LogP contribution in [0.3, 0.4) is 0 Å². The molecule has 0 aromatic carbocycles. The maximum Gasteiger partial charge on any atom is 0.316 e. The Labute approximate surface area is 153 Å². The van der Waals surface area contributed by atoms with Crippen molar-refractivity contribution in [1.29, 1.82) is 0 Å². The van der Waals surface area contributed by atoms with E-state index in [1.807, 2.05) is 0 Å². The molecule has 5 nitrogen and oxygen atoms in total. The summed E-state index contributed by atoms with van der Waals surface area (Å²) in [6, 6.07) is -0.204. The Kier molecular flexibility index (Phi) is 13.1. The lowest BCUT2D eigenvalue weighted by Crippen LogP contribution is -2.37. The minimum Gasteiger partial charge on any atom is -0.358 e. The maximum absolute atomic E-state index is 11.7. The average Bonchev–Trinajstić information content (AvgIpc) is 2.49. The fourth-order valence-corrected chi connectivity index (χ4v) is 3.94. The molecule has 9 heteroatoms. The van der Waals surface area contributed by atoms with Crippen LogP contribution in [0.2, 0.25) is 0 Å². The first kappa shape index (κ1) is 21.8. The fourth-order valence-electron chi connectivity index (χ4n) is 1.54. The van der Waals surface area contributed by atoms with E-state index in [0.717, 1.165) is 34.8 Å². The number of carbonyl (C=O) groups is 1. The number of hydrogen-bond donors (Lipinski definition) is 2. The second kappa shape index (κ2) is 13.2. The summed E-state index contributed by atoms with van der Waals surface area (Å²) in [5.41, 5.74) is 0. The Hall–Kier alpha value is -0.250. The molecule has 0 atom stereocenters. The molecule has 128 valence electrons. The highest BCUT2D eigenvalue weighted by Gasteiger charge is 2.08. The monoisotopic (exact) mass is 382 g/mol. The van der Waals surface area contributed by atoms with Gasteiger partial charge in [-0.3, -0.25) is 0 Å². The molecule has 0 radical (unpaired) electrons. The maximum atomic E-state index is 11.7. The van der Waals surface area contributed by atoms with Crippen molar-refractivity contribution in [3.63, 3.8) is 0 Å². The van der Waals surface area contributed by atoms with Gasteiger partial charge in [0, 0.05) is 26.2 Å². The van der Waals surface area contributed by atoms with Crippen LogP contribution < -0.4 is 10.6 Å². The molecule has 0 rings (SSSR count). The quantitative estimate of drug-likeness (QED) is 0.494. The Morgan fingerprint density at radius 1 is 0.818 bits per heavy atom. The smallest absolute Gasteiger partial charge is 0.316 e. The molecule has 0 bridgehead atoms. The van der Waals surface area contributed by atoms with Crippen LogP contribution in [0.15, 0.2) is 0 Å². The van der Waals surface area contributed by atoms with Gasteiger partial charge >= 0.3 is 6.03 Å². The summed E-state index contributed by atoms with van der Waals surface area (Å²) in [5.74, 6) is 0.929. The second-order valence-electron chi connectivity index (χ2n) is 4.14. The van der Waals surface area contributed by atoms with Crippen LogP contribution in [0.1, 0.15) is 27.7 Å². The number of carbonyl (C=O) groups excluding carboxylic acids is 1. The summed E-state index contributed by atoms with van der Waals surface area (Å²) in [7, 11) is 0. The van der Waals surface area contributed by atoms with E-state index < -0.39 is 0 Å². The predicted octanol–water partition coefficient (Wildman–Crippen LogP) is 2.92. The summed E-state index contributed by atoms with van der Waals surface area (Å²) in [6.45, 7) is 11.8. The molecule has 0 fully saturated rings. The van der Waals surface area contributed by atoms with Crippen molar-refractivity contribution >= 4 is 62.6 Å². The van der Waals surface area contributed by atoms with Crippen LogP contribution in [0.5, 0.6) is 0 Å². The number of thiocarbonyl (C=S) groups is 2. The average molecular weight is 383 g/mol. The number of thioether (sulfide) groups is 2. The standard InChI is InChI=1S/C13H26N4OS4/c1-5-16(6-2)12(19)21-9-14-11(18)15-10-22-13(20)17(7-3)8-4/h5-10H2,1-4H3,(H2,14,15,18). The van der Waals surface area contributed by atoms with Crippen LogP contribution >= 0.6 is 48.0 Å². The molecule has 2 N–H and O–H groups in total. The Balaban J connectivity index is 3.83. The van der Waals surface area contributed by atoms with E-state index in [2.05, 4.69) is 48.1 Å². The first-order chi connectivity index (χ1) is 10.5. The highest BCUT2D eigenvalue weighted by Crippen LogP contribution is 2.08. The van der Waals surface area contributed by atoms with E-state index >= 15 is 0 Å². The van der Waals surface area contributed by atoms with Gasteiger partial charge in [0.25, 0.3) is 0 Å². The van der Waals surface area contributed by atoms with Gasteiger partial charge in [0.1, 0.15) is 8.64 Å². The van der Waals surface area contributed by atoms with Crippen LogP contribution in [0, 0.1) is 0 Å². The van der Waals surface area contributed by atoms with Crippen molar-refractivity contribution in [3.05, 3.63) is 0 Å². The van der Waals surface area contributed by atoms with Crippen LogP contribution in [-0.4, -0.2) is 62.4 Å². The normalized spacial score (nSPS) is 10.0. The molecule has 2 amide bonds. The highest BCUT2D eigenvalue weighted by atomic mass is 32.2. The molecule has 22 heavy (non-hydrogen) atoms. The van der Waals surface area contributed by atoms with Crippen molar-refractivity contribution in [3.8, 4) is 0 Å². The molecule has 0 aromatic rings. The first-order valence-corrected chi connectivity index (χ1v) is 10.1. The van der Waals surface area contributed by atoms with Gasteiger partial charge in [-0.1, -0.05) is 48.0 Å². The minimum absolute atomic E-state index is 0.204. The van der Waals surface area contributed by atoms with Crippen molar-refractivity contribution in [2.24, 2.45) is 0 Å². The lowest BCUT2D eigenvalue weighted by Gasteiger charge is -2.21. The van der Waals surface area contributed by atoms with Gasteiger partial charge in [-0.25, -0.2) is 4.79 Å². The first-order valence-electron chi connectivity index (χ1n) is 7.35. The molecular weight excluding hydrogens is 356 g/mol. The third-order valence-electron chi connectivity index (χ3n) is 2.90. The Bertz CT molecular complexity index is 328. The molecule has 0 saturated carbocycles. The summed E-state index contributed by atoms with van der Waals surface area (Å²) in [4.78, 5) is 15.8. The molecule has 0 saturated heterocycles. The largest absolute Gasteiger partial charge is 0.358 e. The van der Waals surface area contributed by atoms with Gasteiger partial charge in [0.2, 0.25) is 0 Å². The minimum atomic E-state index is -0.204. The molecule has 0 unspecified atom stereocenters. The van der Waals surface area contributed by atoms with Crippen LogP contribution in [0.25, 0.3) is 0 Å². The van der Waals surface area contributed by atoms with Gasteiger partial charge < -0.3 is 20.4 Å². The summed E-state index contributed by atoms with van der Waals surface area (Å²) >= 11 is 13.5. The lowest BCUT2D eigenvalue weighted by molar-refractivity contribution is 0.244. The number of nitrogens with zero attached hydrogens (tertiary/aromatic N) is 2. The van der Waals surface area contributed by atoms with E-state index in [1.165, 1.54) is 23.5 Å². The van der Waals surface area contributed by atoms with Crippen LogP contribution in [-0.2, 0) is 0 Å². The number of amides is 2. The van der Waals surface area contributed by atoms with E-state index in [-0.39, 0.29) is 6.03 Å². The number of hydrogen-bond acceptors (Lipinski definition) is 5. The summed E-state index contributed by atoms with van der Waals surface area (Å²) in [5, 5.41) is 5.55. The molecule has 0 aromatic heterocycles. The predicted molar refractivity (Wildman–Crippen MR) is 108 cm³/mol. The van der Waals surface area contributed by atoms with E-state index in [1.54, 1.807) is 0 Å². The van der Waals surface area contributed by atoms with Gasteiger partial charge in [-0.2, -0.15) is 0 Å². The van der Waals surface area contributed by atoms with Gasteiger partial charge in [-0.15, -0.1) is 0 Å². The lowest BCUT2D eigenvalue weighted by atomic mass is 10.6. The van der Waals surface area contributed by atoms with Crippen molar-refractivity contribution in [1.82, 2.24) is 20.4 Å². The van der Waals surface area contributed by atoms with E-state index in [9.17, 15) is 4.79 Å². The number of rotatable bonds is 8. The van der Waals surface area contributed by atoms with Crippen molar-refractivity contribution in [2.75, 3.05) is 37.9 Å². The van der Waals surface area contributed by atoms with Gasteiger partial charge in [-0.05, 0) is 27.7 Å². The SMILES string of the molecule is CCN(CC)C(=S)SCNC(=O)NCSC(=S)N(CC)CC. The van der Waals surface area contributed by atoms with Gasteiger partial charge in [0.15, 0.2) is 0 Å². The van der Waals surface area contributed by atoms with Gasteiger partial charge in [0.05, 0.1) is 11.8 Å². The molecule has 0 aliphatic carbocycles. The Morgan fingerprint density at radius 2 is 1.14 bits per heavy atom. The molecule has 0 aliphatic heterocycles. The van der Waals surface area contributed by atoms with E-state index in [0.29, 0.717) is 11.8 Å².